The van der Waals surface area contributed by atoms with E-state index >= 15 is 0 Å². The van der Waals surface area contributed by atoms with Crippen molar-refractivity contribution in [2.45, 2.75) is 19.8 Å². The molecule has 1 heterocycles. The van der Waals surface area contributed by atoms with Crippen LogP contribution in [0.4, 0.5) is 18.9 Å². The van der Waals surface area contributed by atoms with Crippen LogP contribution >= 0.6 is 0 Å². The van der Waals surface area contributed by atoms with E-state index in [1.807, 2.05) is 13.0 Å². The fraction of sp³-hybridized carbons (Fsp3) is 0.214. The molecule has 0 radical (unpaired) electrons. The minimum Gasteiger partial charge on any atom is -0.404 e. The van der Waals surface area contributed by atoms with E-state index < -0.39 is 6.36 Å². The largest absolute Gasteiger partial charge is 0.573 e. The summed E-state index contributed by atoms with van der Waals surface area (Å²) in [5, 5.41) is 2.91. The number of anilines is 1. The monoisotopic (exact) mass is 282 g/mol. The number of nitrogens with one attached hydrogen (secondary N) is 1. The standard InChI is InChI=1S/C14H13F3N2O/c1-10-6-11(8-18-7-10)9-19-12-4-2-3-5-13(12)20-14(15,16)17/h2-8,19H,9H2,1H3. The first-order valence-electron chi connectivity index (χ1n) is 5.93. The Kier molecular flexibility index (Phi) is 4.12. The zero-order chi connectivity index (χ0) is 14.6. The third-order valence-electron chi connectivity index (χ3n) is 2.53. The van der Waals surface area contributed by atoms with Crippen LogP contribution in [0.3, 0.4) is 0 Å². The van der Waals surface area contributed by atoms with E-state index in [1.165, 1.54) is 18.2 Å². The van der Waals surface area contributed by atoms with Gasteiger partial charge in [0.1, 0.15) is 0 Å². The molecule has 0 bridgehead atoms. The predicted molar refractivity (Wildman–Crippen MR) is 69.4 cm³/mol. The van der Waals surface area contributed by atoms with E-state index in [0.717, 1.165) is 11.1 Å². The first-order chi connectivity index (χ1) is 9.44. The Balaban J connectivity index is 2.09. The molecule has 0 aliphatic carbocycles. The van der Waals surface area contributed by atoms with Crippen LogP contribution in [0.15, 0.2) is 42.7 Å². The Bertz CT molecular complexity index is 585. The summed E-state index contributed by atoms with van der Waals surface area (Å²) in [6.07, 6.45) is -1.33. The van der Waals surface area contributed by atoms with Gasteiger partial charge in [-0.25, -0.2) is 0 Å². The van der Waals surface area contributed by atoms with Gasteiger partial charge in [0.2, 0.25) is 0 Å². The molecular weight excluding hydrogens is 269 g/mol. The summed E-state index contributed by atoms with van der Waals surface area (Å²) in [6.45, 7) is 2.27. The maximum atomic E-state index is 12.3. The van der Waals surface area contributed by atoms with Gasteiger partial charge < -0.3 is 10.1 Å². The molecule has 0 unspecified atom stereocenters. The molecule has 1 N–H and O–H groups in total. The van der Waals surface area contributed by atoms with Gasteiger partial charge in [-0.3, -0.25) is 4.98 Å². The number of hydrogen-bond acceptors (Lipinski definition) is 3. The van der Waals surface area contributed by atoms with Crippen LogP contribution in [0.1, 0.15) is 11.1 Å². The Morgan fingerprint density at radius 2 is 1.95 bits per heavy atom. The third kappa shape index (κ3) is 4.15. The highest BCUT2D eigenvalue weighted by molar-refractivity contribution is 5.56. The van der Waals surface area contributed by atoms with Gasteiger partial charge in [-0.15, -0.1) is 13.2 Å². The molecule has 0 saturated carbocycles. The Hall–Kier alpha value is -2.24. The normalized spacial score (nSPS) is 11.2. The topological polar surface area (TPSA) is 34.2 Å². The highest BCUT2D eigenvalue weighted by Crippen LogP contribution is 2.30. The van der Waals surface area contributed by atoms with Gasteiger partial charge in [-0.05, 0) is 30.2 Å². The number of para-hydroxylation sites is 2. The molecule has 0 amide bonds. The van der Waals surface area contributed by atoms with Crippen LogP contribution in [0.25, 0.3) is 0 Å². The molecule has 0 aliphatic rings. The van der Waals surface area contributed by atoms with Crippen LogP contribution in [0.2, 0.25) is 0 Å². The molecule has 0 saturated heterocycles. The first kappa shape index (κ1) is 14.2. The molecule has 0 fully saturated rings. The Labute approximate surface area is 114 Å². The predicted octanol–water partition coefficient (Wildman–Crippen LogP) is 3.90. The van der Waals surface area contributed by atoms with Gasteiger partial charge in [0.25, 0.3) is 0 Å². The maximum Gasteiger partial charge on any atom is 0.573 e. The van der Waals surface area contributed by atoms with Crippen molar-refractivity contribution in [3.05, 3.63) is 53.9 Å². The van der Waals surface area contributed by atoms with Gasteiger partial charge in [-0.1, -0.05) is 18.2 Å². The smallest absolute Gasteiger partial charge is 0.404 e. The van der Waals surface area contributed by atoms with E-state index in [0.29, 0.717) is 6.54 Å². The second-order valence-corrected chi connectivity index (χ2v) is 4.27. The molecule has 20 heavy (non-hydrogen) atoms. The fourth-order valence-electron chi connectivity index (χ4n) is 1.74. The molecule has 0 aliphatic heterocycles. The van der Waals surface area contributed by atoms with E-state index in [1.54, 1.807) is 18.5 Å². The molecule has 0 atom stereocenters. The van der Waals surface area contributed by atoms with Gasteiger partial charge >= 0.3 is 6.36 Å². The minimum absolute atomic E-state index is 0.249. The van der Waals surface area contributed by atoms with E-state index in [9.17, 15) is 13.2 Å². The number of hydrogen-bond donors (Lipinski definition) is 1. The summed E-state index contributed by atoms with van der Waals surface area (Å²) in [5.41, 5.74) is 2.15. The summed E-state index contributed by atoms with van der Waals surface area (Å²) in [6, 6.07) is 7.84. The Morgan fingerprint density at radius 3 is 2.65 bits per heavy atom. The lowest BCUT2D eigenvalue weighted by Crippen LogP contribution is -2.18. The number of aryl methyl sites for hydroxylation is 1. The molecular formula is C14H13F3N2O. The highest BCUT2D eigenvalue weighted by Gasteiger charge is 2.32. The zero-order valence-electron chi connectivity index (χ0n) is 10.7. The van der Waals surface area contributed by atoms with Crippen molar-refractivity contribution < 1.29 is 17.9 Å². The molecule has 6 heteroatoms. The van der Waals surface area contributed by atoms with Gasteiger partial charge in [0, 0.05) is 18.9 Å². The molecule has 3 nitrogen and oxygen atoms in total. The van der Waals surface area contributed by atoms with Crippen LogP contribution in [0, 0.1) is 6.92 Å². The number of halogens is 3. The molecule has 0 spiro atoms. The van der Waals surface area contributed by atoms with E-state index in [-0.39, 0.29) is 11.4 Å². The lowest BCUT2D eigenvalue weighted by atomic mass is 10.2. The van der Waals surface area contributed by atoms with E-state index in [4.69, 9.17) is 0 Å². The third-order valence-corrected chi connectivity index (χ3v) is 2.53. The average Bonchev–Trinajstić information content (AvgIpc) is 2.36. The Morgan fingerprint density at radius 1 is 1.20 bits per heavy atom. The lowest BCUT2D eigenvalue weighted by molar-refractivity contribution is -0.274. The average molecular weight is 282 g/mol. The summed E-state index contributed by atoms with van der Waals surface area (Å²) >= 11 is 0. The van der Waals surface area contributed by atoms with Gasteiger partial charge in [0.15, 0.2) is 5.75 Å². The number of ether oxygens (including phenoxy) is 1. The quantitative estimate of drug-likeness (QED) is 0.923. The van der Waals surface area contributed by atoms with E-state index in [2.05, 4.69) is 15.0 Å². The molecule has 2 aromatic rings. The summed E-state index contributed by atoms with van der Waals surface area (Å²) in [4.78, 5) is 4.03. The minimum atomic E-state index is -4.71. The van der Waals surface area contributed by atoms with Crippen molar-refractivity contribution in [2.75, 3.05) is 5.32 Å². The second-order valence-electron chi connectivity index (χ2n) is 4.27. The number of aromatic nitrogens is 1. The van der Waals surface area contributed by atoms with Crippen LogP contribution in [-0.2, 0) is 6.54 Å². The highest BCUT2D eigenvalue weighted by atomic mass is 19.4. The van der Waals surface area contributed by atoms with Crippen molar-refractivity contribution in [2.24, 2.45) is 0 Å². The molecule has 2 rings (SSSR count). The van der Waals surface area contributed by atoms with Crippen molar-refractivity contribution >= 4 is 5.69 Å². The molecule has 106 valence electrons. The molecule has 1 aromatic carbocycles. The molecule has 1 aromatic heterocycles. The van der Waals surface area contributed by atoms with Crippen molar-refractivity contribution in [1.82, 2.24) is 4.98 Å². The number of pyridine rings is 1. The lowest BCUT2D eigenvalue weighted by Gasteiger charge is -2.14. The maximum absolute atomic E-state index is 12.3. The summed E-state index contributed by atoms with van der Waals surface area (Å²) in [7, 11) is 0. The van der Waals surface area contributed by atoms with Crippen molar-refractivity contribution in [3.8, 4) is 5.75 Å². The summed E-state index contributed by atoms with van der Waals surface area (Å²) < 4.78 is 40.8. The zero-order valence-corrected chi connectivity index (χ0v) is 10.7. The van der Waals surface area contributed by atoms with Crippen LogP contribution < -0.4 is 10.1 Å². The fourth-order valence-corrected chi connectivity index (χ4v) is 1.74. The summed E-state index contributed by atoms with van der Waals surface area (Å²) in [5.74, 6) is -0.249. The van der Waals surface area contributed by atoms with Gasteiger partial charge in [-0.2, -0.15) is 0 Å². The van der Waals surface area contributed by atoms with Crippen molar-refractivity contribution in [1.29, 1.82) is 0 Å². The number of nitrogens with zero attached hydrogens (tertiary/aromatic N) is 1. The number of rotatable bonds is 4. The first-order valence-corrected chi connectivity index (χ1v) is 5.93. The van der Waals surface area contributed by atoms with Crippen LogP contribution in [-0.4, -0.2) is 11.3 Å². The second kappa shape index (κ2) is 5.81. The van der Waals surface area contributed by atoms with Crippen LogP contribution in [0.5, 0.6) is 5.75 Å². The SMILES string of the molecule is Cc1cncc(CNc2ccccc2OC(F)(F)F)c1. The number of alkyl halides is 3. The van der Waals surface area contributed by atoms with Gasteiger partial charge in [0.05, 0.1) is 5.69 Å². The number of benzene rings is 1. The van der Waals surface area contributed by atoms with Crippen molar-refractivity contribution in [3.63, 3.8) is 0 Å².